The maximum absolute atomic E-state index is 12.0. The van der Waals surface area contributed by atoms with E-state index in [0.717, 1.165) is 25.1 Å². The van der Waals surface area contributed by atoms with Gasteiger partial charge >= 0.3 is 0 Å². The van der Waals surface area contributed by atoms with E-state index in [2.05, 4.69) is 11.5 Å². The fourth-order valence-electron chi connectivity index (χ4n) is 3.18. The summed E-state index contributed by atoms with van der Waals surface area (Å²) in [6.07, 6.45) is 2.01. The van der Waals surface area contributed by atoms with Crippen LogP contribution in [0.4, 0.5) is 0 Å². The third-order valence-electron chi connectivity index (χ3n) is 4.69. The number of carbonyl (C=O) groups is 1. The van der Waals surface area contributed by atoms with Gasteiger partial charge in [0.05, 0.1) is 7.11 Å². The second-order valence-corrected chi connectivity index (χ2v) is 7.22. The molecule has 6 heteroatoms. The number of benzene rings is 1. The molecule has 1 unspecified atom stereocenters. The van der Waals surface area contributed by atoms with Gasteiger partial charge in [0, 0.05) is 38.6 Å². The molecule has 1 heterocycles. The van der Waals surface area contributed by atoms with Gasteiger partial charge in [-0.05, 0) is 24.1 Å². The largest absolute Gasteiger partial charge is 0.493 e. The molecule has 1 fully saturated rings. The van der Waals surface area contributed by atoms with E-state index in [1.165, 1.54) is 0 Å². The number of hydrogen-bond acceptors (Lipinski definition) is 5. The summed E-state index contributed by atoms with van der Waals surface area (Å²) in [4.78, 5) is 16.1. The maximum atomic E-state index is 12.0. The highest BCUT2D eigenvalue weighted by Crippen LogP contribution is 2.28. The number of allylic oxidation sites excluding steroid dienone is 1. The van der Waals surface area contributed by atoms with Crippen molar-refractivity contribution in [1.29, 1.82) is 0 Å². The Hall–Kier alpha value is -2.05. The van der Waals surface area contributed by atoms with Crippen molar-refractivity contribution >= 4 is 5.91 Å². The van der Waals surface area contributed by atoms with Crippen LogP contribution in [0.25, 0.3) is 0 Å². The molecule has 1 N–H and O–H groups in total. The minimum atomic E-state index is -0.602. The van der Waals surface area contributed by atoms with Crippen LogP contribution < -0.4 is 9.47 Å². The lowest BCUT2D eigenvalue weighted by Gasteiger charge is -2.36. The number of piperazine rings is 1. The van der Waals surface area contributed by atoms with Gasteiger partial charge in [-0.15, -0.1) is 6.58 Å². The first-order valence-corrected chi connectivity index (χ1v) is 9.54. The van der Waals surface area contributed by atoms with Crippen molar-refractivity contribution in [2.75, 3.05) is 46.4 Å². The number of methoxy groups -OCH3 is 1. The lowest BCUT2D eigenvalue weighted by molar-refractivity contribution is -0.136. The number of hydrogen-bond donors (Lipinski definition) is 1. The quantitative estimate of drug-likeness (QED) is 0.668. The van der Waals surface area contributed by atoms with E-state index in [9.17, 15) is 9.90 Å². The number of aliphatic hydroxyl groups is 1. The van der Waals surface area contributed by atoms with Crippen molar-refractivity contribution in [3.05, 3.63) is 36.4 Å². The van der Waals surface area contributed by atoms with E-state index in [0.29, 0.717) is 31.1 Å². The van der Waals surface area contributed by atoms with Crippen LogP contribution in [0.1, 0.15) is 19.4 Å². The Bertz CT molecular complexity index is 625. The number of amides is 1. The zero-order chi connectivity index (χ0) is 19.8. The van der Waals surface area contributed by atoms with Gasteiger partial charge in [-0.3, -0.25) is 9.69 Å². The summed E-state index contributed by atoms with van der Waals surface area (Å²) in [7, 11) is 1.61. The van der Waals surface area contributed by atoms with Crippen molar-refractivity contribution in [3.63, 3.8) is 0 Å². The molecule has 0 spiro atoms. The molecule has 0 saturated carbocycles. The van der Waals surface area contributed by atoms with E-state index in [1.54, 1.807) is 7.11 Å². The van der Waals surface area contributed by atoms with Crippen LogP contribution >= 0.6 is 0 Å². The molecule has 0 radical (unpaired) electrons. The van der Waals surface area contributed by atoms with Gasteiger partial charge in [0.2, 0.25) is 5.91 Å². The summed E-state index contributed by atoms with van der Waals surface area (Å²) in [5, 5.41) is 10.3. The molecule has 0 aromatic heterocycles. The molecule has 0 bridgehead atoms. The first kappa shape index (κ1) is 21.3. The summed E-state index contributed by atoms with van der Waals surface area (Å²) in [5.41, 5.74) is 1.10. The molecule has 1 aromatic carbocycles. The first-order valence-electron chi connectivity index (χ1n) is 9.54. The van der Waals surface area contributed by atoms with Crippen LogP contribution in [0, 0.1) is 5.92 Å². The van der Waals surface area contributed by atoms with Gasteiger partial charge in [0.15, 0.2) is 11.5 Å². The lowest BCUT2D eigenvalue weighted by Crippen LogP contribution is -2.51. The van der Waals surface area contributed by atoms with Crippen LogP contribution in [0.2, 0.25) is 0 Å². The molecule has 1 aromatic rings. The molecule has 1 amide bonds. The fourth-order valence-corrected chi connectivity index (χ4v) is 3.18. The number of aliphatic hydroxyl groups excluding tert-OH is 1. The highest BCUT2D eigenvalue weighted by atomic mass is 16.5. The Morgan fingerprint density at radius 1 is 1.26 bits per heavy atom. The smallest absolute Gasteiger partial charge is 0.225 e. The molecule has 1 atom stereocenters. The topological polar surface area (TPSA) is 62.2 Å². The average molecular weight is 376 g/mol. The molecular formula is C21H32N2O4. The molecule has 0 aliphatic carbocycles. The lowest BCUT2D eigenvalue weighted by atomic mass is 10.1. The molecule has 6 nitrogen and oxygen atoms in total. The second-order valence-electron chi connectivity index (χ2n) is 7.22. The van der Waals surface area contributed by atoms with Crippen molar-refractivity contribution in [2.45, 2.75) is 26.4 Å². The van der Waals surface area contributed by atoms with Crippen LogP contribution in [0.5, 0.6) is 11.5 Å². The molecule has 1 saturated heterocycles. The van der Waals surface area contributed by atoms with Crippen molar-refractivity contribution < 1.29 is 19.4 Å². The number of rotatable bonds is 9. The van der Waals surface area contributed by atoms with Crippen molar-refractivity contribution in [3.8, 4) is 11.5 Å². The predicted octanol–water partition coefficient (Wildman–Crippen LogP) is 1.96. The Morgan fingerprint density at radius 3 is 2.56 bits per heavy atom. The highest BCUT2D eigenvalue weighted by molar-refractivity contribution is 5.78. The zero-order valence-electron chi connectivity index (χ0n) is 16.7. The van der Waals surface area contributed by atoms with Crippen LogP contribution in [0.3, 0.4) is 0 Å². The Labute approximate surface area is 162 Å². The monoisotopic (exact) mass is 376 g/mol. The Balaban J connectivity index is 1.79. The van der Waals surface area contributed by atoms with Gasteiger partial charge < -0.3 is 19.5 Å². The van der Waals surface area contributed by atoms with E-state index in [1.807, 2.05) is 43.0 Å². The number of nitrogens with zero attached hydrogens (tertiary/aromatic N) is 2. The summed E-state index contributed by atoms with van der Waals surface area (Å²) in [6.45, 7) is 11.3. The minimum absolute atomic E-state index is 0.0309. The van der Waals surface area contributed by atoms with Crippen molar-refractivity contribution in [1.82, 2.24) is 9.80 Å². The van der Waals surface area contributed by atoms with Crippen molar-refractivity contribution in [2.24, 2.45) is 5.92 Å². The van der Waals surface area contributed by atoms with Gasteiger partial charge in [0.1, 0.15) is 12.7 Å². The molecule has 150 valence electrons. The van der Waals surface area contributed by atoms with Gasteiger partial charge in [0.25, 0.3) is 0 Å². The van der Waals surface area contributed by atoms with E-state index in [4.69, 9.17) is 9.47 Å². The molecule has 2 rings (SSSR count). The first-order chi connectivity index (χ1) is 12.9. The Morgan fingerprint density at radius 2 is 1.96 bits per heavy atom. The highest BCUT2D eigenvalue weighted by Gasteiger charge is 2.24. The average Bonchev–Trinajstić information content (AvgIpc) is 2.67. The zero-order valence-corrected chi connectivity index (χ0v) is 16.7. The standard InChI is InChI=1S/C21H32N2O4/c1-5-6-17-7-8-19(20(13-17)26-4)27-15-18(24)14-22-9-11-23(12-10-22)21(25)16(2)3/h5,7-8,13,16,18,24H,1,6,9-12,14-15H2,2-4H3. The predicted molar refractivity (Wildman–Crippen MR) is 106 cm³/mol. The van der Waals surface area contributed by atoms with E-state index >= 15 is 0 Å². The van der Waals surface area contributed by atoms with Gasteiger partial charge in [-0.25, -0.2) is 0 Å². The molecule has 1 aliphatic heterocycles. The summed E-state index contributed by atoms with van der Waals surface area (Å²) in [6, 6.07) is 5.76. The van der Waals surface area contributed by atoms with E-state index in [-0.39, 0.29) is 18.4 Å². The molecule has 27 heavy (non-hydrogen) atoms. The summed E-state index contributed by atoms with van der Waals surface area (Å²) < 4.78 is 11.1. The van der Waals surface area contributed by atoms with Crippen LogP contribution in [-0.4, -0.2) is 73.4 Å². The third kappa shape index (κ3) is 6.26. The van der Waals surface area contributed by atoms with Crippen LogP contribution in [-0.2, 0) is 11.2 Å². The van der Waals surface area contributed by atoms with Gasteiger partial charge in [-0.2, -0.15) is 0 Å². The normalized spacial score (nSPS) is 16.3. The summed E-state index contributed by atoms with van der Waals surface area (Å²) >= 11 is 0. The fraction of sp³-hybridized carbons (Fsp3) is 0.571. The van der Waals surface area contributed by atoms with E-state index < -0.39 is 6.10 Å². The number of carbonyl (C=O) groups excluding carboxylic acids is 1. The SMILES string of the molecule is C=CCc1ccc(OCC(O)CN2CCN(C(=O)C(C)C)CC2)c(OC)c1. The number of ether oxygens (including phenoxy) is 2. The molecular weight excluding hydrogens is 344 g/mol. The molecule has 1 aliphatic rings. The third-order valence-corrected chi connectivity index (χ3v) is 4.69. The summed E-state index contributed by atoms with van der Waals surface area (Å²) in [5.74, 6) is 1.51. The maximum Gasteiger partial charge on any atom is 0.225 e. The Kier molecular flexibility index (Phi) is 8.13. The number of β-amino-alcohol motifs (C(OH)–C–C–N with tert-alkyl or cyclic N) is 1. The minimum Gasteiger partial charge on any atom is -0.493 e. The van der Waals surface area contributed by atoms with Gasteiger partial charge in [-0.1, -0.05) is 26.0 Å². The van der Waals surface area contributed by atoms with Crippen LogP contribution in [0.15, 0.2) is 30.9 Å². The second kappa shape index (κ2) is 10.3.